The van der Waals surface area contributed by atoms with Crippen molar-refractivity contribution in [2.75, 3.05) is 13.7 Å². The summed E-state index contributed by atoms with van der Waals surface area (Å²) in [4.78, 5) is 17.5. The van der Waals surface area contributed by atoms with Crippen LogP contribution < -0.4 is 10.1 Å². The minimum absolute atomic E-state index is 0.0312. The van der Waals surface area contributed by atoms with Crippen LogP contribution in [0, 0.1) is 6.92 Å². The maximum Gasteiger partial charge on any atom is 0.270 e. The molecule has 5 heteroatoms. The van der Waals surface area contributed by atoms with Gasteiger partial charge in [-0.25, -0.2) is 4.98 Å². The summed E-state index contributed by atoms with van der Waals surface area (Å²) in [6, 6.07) is 15.1. The molecule has 1 aromatic heterocycles. The first-order chi connectivity index (χ1) is 15.5. The van der Waals surface area contributed by atoms with E-state index >= 15 is 0 Å². The summed E-state index contributed by atoms with van der Waals surface area (Å²) in [6.45, 7) is 4.85. The molecule has 1 amide bonds. The Labute approximate surface area is 195 Å². The van der Waals surface area contributed by atoms with E-state index in [-0.39, 0.29) is 11.3 Å². The summed E-state index contributed by atoms with van der Waals surface area (Å²) in [6.07, 6.45) is 6.33. The van der Waals surface area contributed by atoms with Gasteiger partial charge in [0.2, 0.25) is 0 Å². The first-order valence-electron chi connectivity index (χ1n) is 11.5. The third kappa shape index (κ3) is 4.88. The number of aryl methyl sites for hydroxylation is 2. The Bertz CT molecular complexity index is 1070. The van der Waals surface area contributed by atoms with Crippen molar-refractivity contribution >= 4 is 17.2 Å². The van der Waals surface area contributed by atoms with E-state index in [2.05, 4.69) is 66.6 Å². The molecule has 0 atom stereocenters. The number of nitrogens with one attached hydrogen (secondary N) is 1. The molecule has 0 spiro atoms. The molecule has 0 saturated heterocycles. The molecule has 1 aliphatic carbocycles. The monoisotopic (exact) mass is 448 g/mol. The lowest BCUT2D eigenvalue weighted by Crippen LogP contribution is -2.39. The van der Waals surface area contributed by atoms with Crippen LogP contribution in [0.4, 0.5) is 0 Å². The summed E-state index contributed by atoms with van der Waals surface area (Å²) in [5, 5.41) is 6.04. The lowest BCUT2D eigenvalue weighted by molar-refractivity contribution is 0.0938. The number of amides is 1. The summed E-state index contributed by atoms with van der Waals surface area (Å²) in [5.74, 6) is 0.829. The van der Waals surface area contributed by atoms with Gasteiger partial charge in [-0.3, -0.25) is 4.79 Å². The number of aromatic nitrogens is 1. The minimum Gasteiger partial charge on any atom is -0.496 e. The molecule has 2 aromatic carbocycles. The minimum atomic E-state index is -0.0841. The van der Waals surface area contributed by atoms with Gasteiger partial charge in [0.1, 0.15) is 11.4 Å². The predicted octanol–water partition coefficient (Wildman–Crippen LogP) is 5.86. The highest BCUT2D eigenvalue weighted by atomic mass is 32.1. The molecular formula is C27H32N2O2S. The van der Waals surface area contributed by atoms with E-state index in [4.69, 9.17) is 4.74 Å². The summed E-state index contributed by atoms with van der Waals surface area (Å²) < 4.78 is 5.55. The van der Waals surface area contributed by atoms with E-state index in [0.717, 1.165) is 42.0 Å². The molecule has 0 aliphatic heterocycles. The molecule has 0 unspecified atom stereocenters. The quantitative estimate of drug-likeness (QED) is 0.470. The van der Waals surface area contributed by atoms with Crippen LogP contribution in [-0.4, -0.2) is 24.5 Å². The number of nitrogens with zero attached hydrogens (tertiary/aromatic N) is 1. The number of methoxy groups -OCH3 is 1. The van der Waals surface area contributed by atoms with Crippen LogP contribution in [0.2, 0.25) is 0 Å². The van der Waals surface area contributed by atoms with Crippen LogP contribution in [-0.2, 0) is 18.3 Å². The summed E-state index contributed by atoms with van der Waals surface area (Å²) >= 11 is 1.55. The Morgan fingerprint density at radius 1 is 1.12 bits per heavy atom. The number of carbonyl (C=O) groups excluding carboxylic acids is 1. The molecule has 0 radical (unpaired) electrons. The van der Waals surface area contributed by atoms with E-state index in [1.165, 1.54) is 29.5 Å². The van der Waals surface area contributed by atoms with Gasteiger partial charge in [0, 0.05) is 23.8 Å². The average molecular weight is 449 g/mol. The van der Waals surface area contributed by atoms with Gasteiger partial charge in [-0.15, -0.1) is 11.3 Å². The Morgan fingerprint density at radius 3 is 2.53 bits per heavy atom. The van der Waals surface area contributed by atoms with Gasteiger partial charge in [0.25, 0.3) is 5.91 Å². The van der Waals surface area contributed by atoms with Gasteiger partial charge < -0.3 is 10.1 Å². The van der Waals surface area contributed by atoms with Crippen molar-refractivity contribution in [2.45, 2.75) is 57.8 Å². The third-order valence-electron chi connectivity index (χ3n) is 6.74. The van der Waals surface area contributed by atoms with Crippen LogP contribution >= 0.6 is 11.3 Å². The maximum absolute atomic E-state index is 12.9. The number of rotatable bonds is 8. The second-order valence-electron chi connectivity index (χ2n) is 8.83. The molecule has 1 heterocycles. The molecule has 1 fully saturated rings. The van der Waals surface area contributed by atoms with Crippen molar-refractivity contribution in [2.24, 2.45) is 0 Å². The number of benzene rings is 2. The van der Waals surface area contributed by atoms with Crippen molar-refractivity contribution < 1.29 is 9.53 Å². The highest BCUT2D eigenvalue weighted by molar-refractivity contribution is 7.09. The van der Waals surface area contributed by atoms with Gasteiger partial charge in [-0.1, -0.05) is 56.2 Å². The first-order valence-corrected chi connectivity index (χ1v) is 12.4. The van der Waals surface area contributed by atoms with Gasteiger partial charge in [-0.05, 0) is 54.5 Å². The Hall–Kier alpha value is -2.66. The lowest BCUT2D eigenvalue weighted by atomic mass is 9.78. The Kier molecular flexibility index (Phi) is 6.95. The van der Waals surface area contributed by atoms with Gasteiger partial charge in [0.05, 0.1) is 12.1 Å². The molecule has 3 aromatic rings. The predicted molar refractivity (Wildman–Crippen MR) is 131 cm³/mol. The Balaban J connectivity index is 1.43. The van der Waals surface area contributed by atoms with E-state index in [0.29, 0.717) is 12.2 Å². The van der Waals surface area contributed by atoms with Crippen LogP contribution in [0.1, 0.15) is 70.4 Å². The lowest BCUT2D eigenvalue weighted by Gasteiger charge is -2.30. The number of hydrogen-bond donors (Lipinski definition) is 1. The fraction of sp³-hybridized carbons (Fsp3) is 0.407. The molecule has 1 aliphatic rings. The first kappa shape index (κ1) is 22.5. The fourth-order valence-corrected chi connectivity index (χ4v) is 5.48. The molecule has 32 heavy (non-hydrogen) atoms. The highest BCUT2D eigenvalue weighted by Gasteiger charge is 2.36. The van der Waals surface area contributed by atoms with E-state index in [1.807, 2.05) is 5.38 Å². The molecular weight excluding hydrogens is 416 g/mol. The van der Waals surface area contributed by atoms with Crippen LogP contribution in [0.25, 0.3) is 0 Å². The highest BCUT2D eigenvalue weighted by Crippen LogP contribution is 2.42. The molecule has 4 rings (SSSR count). The summed E-state index contributed by atoms with van der Waals surface area (Å²) in [7, 11) is 1.72. The standard InChI is InChI=1S/C27H32N2O2S/c1-4-20-8-10-21(11-9-20)15-25-29-23(17-32-25)26(30)28-18-27(13-5-6-14-27)22-12-7-19(2)24(16-22)31-3/h7-12,16-17H,4-6,13-15,18H2,1-3H3,(H,28,30). The normalized spacial score (nSPS) is 15.0. The van der Waals surface area contributed by atoms with E-state index in [1.54, 1.807) is 18.4 Å². The topological polar surface area (TPSA) is 51.2 Å². The van der Waals surface area contributed by atoms with Crippen molar-refractivity contribution in [3.8, 4) is 5.75 Å². The van der Waals surface area contributed by atoms with Gasteiger partial charge in [-0.2, -0.15) is 0 Å². The van der Waals surface area contributed by atoms with Crippen molar-refractivity contribution in [3.05, 3.63) is 80.8 Å². The third-order valence-corrected chi connectivity index (χ3v) is 7.59. The largest absolute Gasteiger partial charge is 0.496 e. The van der Waals surface area contributed by atoms with Gasteiger partial charge in [0.15, 0.2) is 0 Å². The SMILES string of the molecule is CCc1ccc(Cc2nc(C(=O)NCC3(c4ccc(C)c(OC)c4)CCCC3)cs2)cc1. The second-order valence-corrected chi connectivity index (χ2v) is 9.77. The summed E-state index contributed by atoms with van der Waals surface area (Å²) in [5.41, 5.74) is 5.43. The fourth-order valence-electron chi connectivity index (χ4n) is 4.67. The maximum atomic E-state index is 12.9. The molecule has 1 saturated carbocycles. The molecule has 168 valence electrons. The molecule has 4 nitrogen and oxygen atoms in total. The number of thiazole rings is 1. The van der Waals surface area contributed by atoms with Crippen LogP contribution in [0.3, 0.4) is 0 Å². The zero-order chi connectivity index (χ0) is 22.6. The molecule has 1 N–H and O–H groups in total. The van der Waals surface area contributed by atoms with E-state index < -0.39 is 0 Å². The number of carbonyl (C=O) groups is 1. The zero-order valence-corrected chi connectivity index (χ0v) is 20.1. The smallest absolute Gasteiger partial charge is 0.270 e. The van der Waals surface area contributed by atoms with Crippen molar-refractivity contribution in [1.82, 2.24) is 10.3 Å². The Morgan fingerprint density at radius 2 is 1.84 bits per heavy atom. The number of hydrogen-bond acceptors (Lipinski definition) is 4. The van der Waals surface area contributed by atoms with Crippen LogP contribution in [0.15, 0.2) is 47.8 Å². The van der Waals surface area contributed by atoms with Crippen molar-refractivity contribution in [3.63, 3.8) is 0 Å². The van der Waals surface area contributed by atoms with Crippen LogP contribution in [0.5, 0.6) is 5.75 Å². The second kappa shape index (κ2) is 9.86. The zero-order valence-electron chi connectivity index (χ0n) is 19.2. The van der Waals surface area contributed by atoms with Gasteiger partial charge >= 0.3 is 0 Å². The van der Waals surface area contributed by atoms with E-state index in [9.17, 15) is 4.79 Å². The van der Waals surface area contributed by atoms with Crippen molar-refractivity contribution in [1.29, 1.82) is 0 Å². The number of ether oxygens (including phenoxy) is 1. The average Bonchev–Trinajstić information content (AvgIpc) is 3.49. The molecule has 0 bridgehead atoms.